The largest absolute Gasteiger partial charge is 0.330 e. The van der Waals surface area contributed by atoms with Crippen LogP contribution in [0, 0.1) is 6.92 Å². The smallest absolute Gasteiger partial charge is 0.141 e. The Morgan fingerprint density at radius 3 is 2.71 bits per heavy atom. The average Bonchev–Trinajstić information content (AvgIpc) is 2.85. The lowest BCUT2D eigenvalue weighted by Gasteiger charge is -2.10. The van der Waals surface area contributed by atoms with Gasteiger partial charge in [-0.05, 0) is 50.1 Å². The summed E-state index contributed by atoms with van der Waals surface area (Å²) in [6, 6.07) is 14.9. The van der Waals surface area contributed by atoms with E-state index in [0.717, 1.165) is 24.3 Å². The molecule has 0 fully saturated rings. The van der Waals surface area contributed by atoms with Crippen LogP contribution in [0.2, 0.25) is 0 Å². The van der Waals surface area contributed by atoms with Crippen LogP contribution in [0.25, 0.3) is 22.4 Å². The molecule has 0 bridgehead atoms. The number of aryl methyl sites for hydroxylation is 2. The zero-order chi connectivity index (χ0) is 14.8. The molecular weight excluding hydrogens is 258 g/mol. The maximum Gasteiger partial charge on any atom is 0.141 e. The first-order chi connectivity index (χ1) is 10.2. The van der Waals surface area contributed by atoms with E-state index in [4.69, 9.17) is 10.7 Å². The molecule has 0 aliphatic carbocycles. The van der Waals surface area contributed by atoms with Crippen LogP contribution in [-0.4, -0.2) is 16.1 Å². The highest BCUT2D eigenvalue weighted by Gasteiger charge is 2.14. The van der Waals surface area contributed by atoms with Gasteiger partial charge in [0, 0.05) is 12.1 Å². The highest BCUT2D eigenvalue weighted by atomic mass is 15.1. The quantitative estimate of drug-likeness (QED) is 0.794. The predicted molar refractivity (Wildman–Crippen MR) is 88.3 cm³/mol. The highest BCUT2D eigenvalue weighted by Crippen LogP contribution is 2.28. The SMILES string of the molecule is CCn1c(-c2ccccc2CCN)nc2cc(C)ccc21. The lowest BCUT2D eigenvalue weighted by molar-refractivity contribution is 0.794. The zero-order valence-corrected chi connectivity index (χ0v) is 12.6. The van der Waals surface area contributed by atoms with Crippen LogP contribution in [0.15, 0.2) is 42.5 Å². The summed E-state index contributed by atoms with van der Waals surface area (Å²) in [5, 5.41) is 0. The van der Waals surface area contributed by atoms with Gasteiger partial charge in [0.25, 0.3) is 0 Å². The van der Waals surface area contributed by atoms with Gasteiger partial charge in [0.05, 0.1) is 11.0 Å². The maximum atomic E-state index is 5.75. The first-order valence-electron chi connectivity index (χ1n) is 7.49. The number of imidazole rings is 1. The molecule has 0 aliphatic rings. The highest BCUT2D eigenvalue weighted by molar-refractivity contribution is 5.82. The molecule has 0 aliphatic heterocycles. The Balaban J connectivity index is 2.25. The molecule has 0 atom stereocenters. The summed E-state index contributed by atoms with van der Waals surface area (Å²) in [7, 11) is 0. The van der Waals surface area contributed by atoms with Gasteiger partial charge >= 0.3 is 0 Å². The lowest BCUT2D eigenvalue weighted by Crippen LogP contribution is -2.05. The molecule has 0 spiro atoms. The van der Waals surface area contributed by atoms with Crippen molar-refractivity contribution in [1.29, 1.82) is 0 Å². The van der Waals surface area contributed by atoms with E-state index < -0.39 is 0 Å². The fourth-order valence-electron chi connectivity index (χ4n) is 2.88. The number of aromatic nitrogens is 2. The molecule has 1 heterocycles. The molecular formula is C18H21N3. The minimum Gasteiger partial charge on any atom is -0.330 e. The normalized spacial score (nSPS) is 11.2. The van der Waals surface area contributed by atoms with E-state index in [1.165, 1.54) is 22.2 Å². The van der Waals surface area contributed by atoms with Crippen molar-refractivity contribution in [2.45, 2.75) is 26.8 Å². The lowest BCUT2D eigenvalue weighted by atomic mass is 10.0. The summed E-state index contributed by atoms with van der Waals surface area (Å²) in [4.78, 5) is 4.88. The molecule has 3 aromatic rings. The number of hydrogen-bond acceptors (Lipinski definition) is 2. The Hall–Kier alpha value is -2.13. The van der Waals surface area contributed by atoms with E-state index in [1.54, 1.807) is 0 Å². The summed E-state index contributed by atoms with van der Waals surface area (Å²) in [5.41, 5.74) is 11.7. The molecule has 1 aromatic heterocycles. The second-order valence-electron chi connectivity index (χ2n) is 5.37. The van der Waals surface area contributed by atoms with E-state index in [2.05, 4.69) is 60.9 Å². The first-order valence-corrected chi connectivity index (χ1v) is 7.49. The van der Waals surface area contributed by atoms with E-state index in [0.29, 0.717) is 6.54 Å². The van der Waals surface area contributed by atoms with E-state index in [9.17, 15) is 0 Å². The molecule has 21 heavy (non-hydrogen) atoms. The summed E-state index contributed by atoms with van der Waals surface area (Å²) < 4.78 is 2.28. The van der Waals surface area contributed by atoms with Gasteiger partial charge < -0.3 is 10.3 Å². The Morgan fingerprint density at radius 2 is 1.95 bits per heavy atom. The molecule has 2 N–H and O–H groups in total. The minimum atomic E-state index is 0.655. The number of fused-ring (bicyclic) bond motifs is 1. The Labute approximate surface area is 125 Å². The van der Waals surface area contributed by atoms with Gasteiger partial charge in [0.15, 0.2) is 0 Å². The standard InChI is InChI=1S/C18H21N3/c1-3-21-17-9-8-13(2)12-16(17)20-18(21)15-7-5-4-6-14(15)10-11-19/h4-9,12H,3,10-11,19H2,1-2H3. The summed E-state index contributed by atoms with van der Waals surface area (Å²) in [5.74, 6) is 1.04. The monoisotopic (exact) mass is 279 g/mol. The van der Waals surface area contributed by atoms with Crippen molar-refractivity contribution in [2.75, 3.05) is 6.54 Å². The number of nitrogens with zero attached hydrogens (tertiary/aromatic N) is 2. The van der Waals surface area contributed by atoms with Crippen molar-refractivity contribution in [2.24, 2.45) is 5.73 Å². The van der Waals surface area contributed by atoms with Crippen LogP contribution in [0.4, 0.5) is 0 Å². The summed E-state index contributed by atoms with van der Waals surface area (Å²) in [6.45, 7) is 5.83. The molecule has 108 valence electrons. The third-order valence-corrected chi connectivity index (χ3v) is 3.89. The van der Waals surface area contributed by atoms with Crippen molar-refractivity contribution >= 4 is 11.0 Å². The summed E-state index contributed by atoms with van der Waals surface area (Å²) >= 11 is 0. The molecule has 0 saturated heterocycles. The van der Waals surface area contributed by atoms with Crippen LogP contribution >= 0.6 is 0 Å². The number of nitrogens with two attached hydrogens (primary N) is 1. The molecule has 2 aromatic carbocycles. The fraction of sp³-hybridized carbons (Fsp3) is 0.278. The van der Waals surface area contributed by atoms with Gasteiger partial charge in [-0.2, -0.15) is 0 Å². The predicted octanol–water partition coefficient (Wildman–Crippen LogP) is 3.53. The Bertz CT molecular complexity index is 771. The van der Waals surface area contributed by atoms with Crippen LogP contribution in [0.3, 0.4) is 0 Å². The fourth-order valence-corrected chi connectivity index (χ4v) is 2.88. The van der Waals surface area contributed by atoms with Crippen molar-refractivity contribution in [1.82, 2.24) is 9.55 Å². The van der Waals surface area contributed by atoms with Gasteiger partial charge in [-0.15, -0.1) is 0 Å². The first kappa shape index (κ1) is 13.8. The van der Waals surface area contributed by atoms with Gasteiger partial charge in [-0.3, -0.25) is 0 Å². The average molecular weight is 279 g/mol. The number of hydrogen-bond donors (Lipinski definition) is 1. The molecule has 0 radical (unpaired) electrons. The molecule has 0 saturated carbocycles. The maximum absolute atomic E-state index is 5.75. The molecule has 3 nitrogen and oxygen atoms in total. The molecule has 3 heteroatoms. The number of benzene rings is 2. The topological polar surface area (TPSA) is 43.8 Å². The minimum absolute atomic E-state index is 0.655. The van der Waals surface area contributed by atoms with Crippen molar-refractivity contribution in [3.8, 4) is 11.4 Å². The molecule has 0 amide bonds. The van der Waals surface area contributed by atoms with Crippen LogP contribution in [0.1, 0.15) is 18.1 Å². The van der Waals surface area contributed by atoms with Crippen LogP contribution < -0.4 is 5.73 Å². The van der Waals surface area contributed by atoms with Crippen LogP contribution in [-0.2, 0) is 13.0 Å². The Kier molecular flexibility index (Phi) is 3.76. The van der Waals surface area contributed by atoms with Crippen LogP contribution in [0.5, 0.6) is 0 Å². The second-order valence-corrected chi connectivity index (χ2v) is 5.37. The second kappa shape index (κ2) is 5.70. The van der Waals surface area contributed by atoms with Gasteiger partial charge in [-0.1, -0.05) is 30.3 Å². The third kappa shape index (κ3) is 2.45. The Morgan fingerprint density at radius 1 is 1.14 bits per heavy atom. The van der Waals surface area contributed by atoms with Crippen molar-refractivity contribution < 1.29 is 0 Å². The third-order valence-electron chi connectivity index (χ3n) is 3.89. The molecule has 0 unspecified atom stereocenters. The van der Waals surface area contributed by atoms with E-state index in [1.807, 2.05) is 0 Å². The van der Waals surface area contributed by atoms with Crippen molar-refractivity contribution in [3.05, 3.63) is 53.6 Å². The van der Waals surface area contributed by atoms with Gasteiger partial charge in [-0.25, -0.2) is 4.98 Å². The summed E-state index contributed by atoms with van der Waals surface area (Å²) in [6.07, 6.45) is 0.877. The van der Waals surface area contributed by atoms with Gasteiger partial charge in [0.1, 0.15) is 5.82 Å². The van der Waals surface area contributed by atoms with Gasteiger partial charge in [0.2, 0.25) is 0 Å². The molecule has 3 rings (SSSR count). The van der Waals surface area contributed by atoms with E-state index >= 15 is 0 Å². The zero-order valence-electron chi connectivity index (χ0n) is 12.6. The van der Waals surface area contributed by atoms with E-state index in [-0.39, 0.29) is 0 Å². The number of rotatable bonds is 4. The van der Waals surface area contributed by atoms with Crippen molar-refractivity contribution in [3.63, 3.8) is 0 Å².